The number of carbonyl (C=O) groups excluding carboxylic acids is 1. The van der Waals surface area contributed by atoms with E-state index in [2.05, 4.69) is 27.5 Å². The van der Waals surface area contributed by atoms with Crippen molar-refractivity contribution >= 4 is 11.7 Å². The van der Waals surface area contributed by atoms with Crippen LogP contribution in [0.2, 0.25) is 0 Å². The molecule has 2 rings (SSSR count). The van der Waals surface area contributed by atoms with Crippen LogP contribution in [0.3, 0.4) is 0 Å². The Morgan fingerprint density at radius 3 is 2.55 bits per heavy atom. The summed E-state index contributed by atoms with van der Waals surface area (Å²) in [5.74, 6) is 1.04. The van der Waals surface area contributed by atoms with Gasteiger partial charge in [0.05, 0.1) is 0 Å². The monoisotopic (exact) mass is 298 g/mol. The van der Waals surface area contributed by atoms with Gasteiger partial charge in [0.25, 0.3) is 5.91 Å². The Morgan fingerprint density at radius 1 is 1.18 bits per heavy atom. The molecule has 1 heterocycles. The normalized spacial score (nSPS) is 10.5. The Hall–Kier alpha value is -2.43. The van der Waals surface area contributed by atoms with E-state index in [-0.39, 0.29) is 11.9 Å². The lowest BCUT2D eigenvalue weighted by Gasteiger charge is -2.11. The lowest BCUT2D eigenvalue weighted by Crippen LogP contribution is -2.31. The number of amides is 1. The van der Waals surface area contributed by atoms with Crippen molar-refractivity contribution in [2.75, 3.05) is 11.9 Å². The molecule has 1 aromatic heterocycles. The highest BCUT2D eigenvalue weighted by Gasteiger charge is 2.13. The highest BCUT2D eigenvalue weighted by molar-refractivity contribution is 5.93. The second-order valence-corrected chi connectivity index (χ2v) is 5.38. The molecule has 5 nitrogen and oxygen atoms in total. The molecule has 0 spiro atoms. The molecule has 0 bridgehead atoms. The Bertz CT molecular complexity index is 626. The van der Waals surface area contributed by atoms with Crippen molar-refractivity contribution in [1.29, 1.82) is 0 Å². The van der Waals surface area contributed by atoms with Crippen LogP contribution in [0.25, 0.3) is 11.4 Å². The molecule has 0 radical (unpaired) electrons. The molecular formula is C17H22N4O. The number of nitrogens with one attached hydrogen (secondary N) is 2. The number of hydrogen-bond donors (Lipinski definition) is 2. The van der Waals surface area contributed by atoms with Crippen LogP contribution in [-0.4, -0.2) is 28.5 Å². The lowest BCUT2D eigenvalue weighted by molar-refractivity contribution is 0.0938. The van der Waals surface area contributed by atoms with Gasteiger partial charge in [-0.25, -0.2) is 9.97 Å². The summed E-state index contributed by atoms with van der Waals surface area (Å²) in [6, 6.07) is 11.4. The number of nitrogens with zero attached hydrogens (tertiary/aromatic N) is 2. The Morgan fingerprint density at radius 2 is 1.91 bits per heavy atom. The largest absolute Gasteiger partial charge is 0.370 e. The number of carbonyl (C=O) groups is 1. The average Bonchev–Trinajstić information content (AvgIpc) is 2.53. The van der Waals surface area contributed by atoms with Crippen molar-refractivity contribution in [1.82, 2.24) is 15.3 Å². The first kappa shape index (κ1) is 15.9. The molecule has 116 valence electrons. The van der Waals surface area contributed by atoms with Crippen molar-refractivity contribution in [2.45, 2.75) is 33.2 Å². The summed E-state index contributed by atoms with van der Waals surface area (Å²) < 4.78 is 0. The second kappa shape index (κ2) is 7.54. The molecule has 0 aliphatic heterocycles. The van der Waals surface area contributed by atoms with E-state index in [1.165, 1.54) is 0 Å². The standard InChI is InChI=1S/C17H22N4O/c1-4-10-18-15-11-14(17(22)19-12(2)3)20-16(21-15)13-8-6-5-7-9-13/h5-9,11-12H,4,10H2,1-3H3,(H,19,22)(H,18,20,21). The SMILES string of the molecule is CCCNc1cc(C(=O)NC(C)C)nc(-c2ccccc2)n1. The summed E-state index contributed by atoms with van der Waals surface area (Å²) >= 11 is 0. The van der Waals surface area contributed by atoms with E-state index in [1.807, 2.05) is 44.2 Å². The van der Waals surface area contributed by atoms with Gasteiger partial charge in [-0.05, 0) is 20.3 Å². The molecular weight excluding hydrogens is 276 g/mol. The smallest absolute Gasteiger partial charge is 0.270 e. The molecule has 1 amide bonds. The first-order valence-corrected chi connectivity index (χ1v) is 7.59. The number of rotatable bonds is 6. The van der Waals surface area contributed by atoms with Crippen LogP contribution < -0.4 is 10.6 Å². The van der Waals surface area contributed by atoms with Crippen LogP contribution in [0.15, 0.2) is 36.4 Å². The Balaban J connectivity index is 2.38. The van der Waals surface area contributed by atoms with Gasteiger partial charge in [-0.15, -0.1) is 0 Å². The van der Waals surface area contributed by atoms with Gasteiger partial charge in [-0.3, -0.25) is 4.79 Å². The predicted octanol–water partition coefficient (Wildman–Crippen LogP) is 3.10. The molecule has 0 saturated heterocycles. The van der Waals surface area contributed by atoms with Crippen molar-refractivity contribution in [3.05, 3.63) is 42.1 Å². The van der Waals surface area contributed by atoms with Crippen LogP contribution in [0, 0.1) is 0 Å². The average molecular weight is 298 g/mol. The molecule has 0 atom stereocenters. The first-order chi connectivity index (χ1) is 10.6. The van der Waals surface area contributed by atoms with Gasteiger partial charge in [0.1, 0.15) is 11.5 Å². The van der Waals surface area contributed by atoms with E-state index in [9.17, 15) is 4.79 Å². The summed E-state index contributed by atoms with van der Waals surface area (Å²) in [4.78, 5) is 21.1. The van der Waals surface area contributed by atoms with Gasteiger partial charge in [0.15, 0.2) is 5.82 Å². The van der Waals surface area contributed by atoms with E-state index in [1.54, 1.807) is 6.07 Å². The molecule has 0 unspecified atom stereocenters. The summed E-state index contributed by atoms with van der Waals surface area (Å²) in [6.45, 7) is 6.73. The molecule has 0 aliphatic carbocycles. The number of anilines is 1. The van der Waals surface area contributed by atoms with Crippen LogP contribution in [0.5, 0.6) is 0 Å². The minimum atomic E-state index is -0.186. The molecule has 0 aliphatic rings. The molecule has 5 heteroatoms. The van der Waals surface area contributed by atoms with E-state index in [4.69, 9.17) is 0 Å². The predicted molar refractivity (Wildman–Crippen MR) is 88.9 cm³/mol. The van der Waals surface area contributed by atoms with Gasteiger partial charge < -0.3 is 10.6 Å². The third-order valence-corrected chi connectivity index (χ3v) is 2.97. The summed E-state index contributed by atoms with van der Waals surface area (Å²) in [7, 11) is 0. The Kier molecular flexibility index (Phi) is 5.47. The molecule has 2 N–H and O–H groups in total. The second-order valence-electron chi connectivity index (χ2n) is 5.38. The van der Waals surface area contributed by atoms with E-state index in [0.29, 0.717) is 17.3 Å². The van der Waals surface area contributed by atoms with Crippen molar-refractivity contribution < 1.29 is 4.79 Å². The topological polar surface area (TPSA) is 66.9 Å². The quantitative estimate of drug-likeness (QED) is 0.860. The van der Waals surface area contributed by atoms with Crippen LogP contribution in [0.4, 0.5) is 5.82 Å². The van der Waals surface area contributed by atoms with E-state index < -0.39 is 0 Å². The third-order valence-electron chi connectivity index (χ3n) is 2.97. The van der Waals surface area contributed by atoms with Crippen molar-refractivity contribution in [3.8, 4) is 11.4 Å². The summed E-state index contributed by atoms with van der Waals surface area (Å²) in [5.41, 5.74) is 1.27. The molecule has 1 aromatic carbocycles. The zero-order chi connectivity index (χ0) is 15.9. The maximum absolute atomic E-state index is 12.2. The minimum Gasteiger partial charge on any atom is -0.370 e. The van der Waals surface area contributed by atoms with Crippen molar-refractivity contribution in [3.63, 3.8) is 0 Å². The minimum absolute atomic E-state index is 0.0645. The Labute approximate surface area is 131 Å². The van der Waals surface area contributed by atoms with Crippen LogP contribution >= 0.6 is 0 Å². The summed E-state index contributed by atoms with van der Waals surface area (Å²) in [6.07, 6.45) is 0.984. The van der Waals surface area contributed by atoms with Crippen molar-refractivity contribution in [2.24, 2.45) is 0 Å². The third kappa shape index (κ3) is 4.28. The van der Waals surface area contributed by atoms with Crippen LogP contribution in [0.1, 0.15) is 37.7 Å². The number of benzene rings is 1. The zero-order valence-electron chi connectivity index (χ0n) is 13.3. The fourth-order valence-electron chi connectivity index (χ4n) is 1.96. The maximum Gasteiger partial charge on any atom is 0.270 e. The van der Waals surface area contributed by atoms with Gasteiger partial charge in [-0.1, -0.05) is 37.3 Å². The highest BCUT2D eigenvalue weighted by Crippen LogP contribution is 2.18. The van der Waals surface area contributed by atoms with Crippen LogP contribution in [-0.2, 0) is 0 Å². The molecule has 2 aromatic rings. The van der Waals surface area contributed by atoms with E-state index in [0.717, 1.165) is 18.5 Å². The van der Waals surface area contributed by atoms with Gasteiger partial charge in [-0.2, -0.15) is 0 Å². The first-order valence-electron chi connectivity index (χ1n) is 7.59. The van der Waals surface area contributed by atoms with Gasteiger partial charge in [0.2, 0.25) is 0 Å². The summed E-state index contributed by atoms with van der Waals surface area (Å²) in [5, 5.41) is 6.09. The van der Waals surface area contributed by atoms with E-state index >= 15 is 0 Å². The molecule has 22 heavy (non-hydrogen) atoms. The number of aromatic nitrogens is 2. The zero-order valence-corrected chi connectivity index (χ0v) is 13.3. The van der Waals surface area contributed by atoms with Gasteiger partial charge >= 0.3 is 0 Å². The molecule has 0 saturated carbocycles. The fraction of sp³-hybridized carbons (Fsp3) is 0.353. The maximum atomic E-state index is 12.2. The lowest BCUT2D eigenvalue weighted by atomic mass is 10.2. The van der Waals surface area contributed by atoms with Gasteiger partial charge in [0, 0.05) is 24.2 Å². The highest BCUT2D eigenvalue weighted by atomic mass is 16.1. The number of hydrogen-bond acceptors (Lipinski definition) is 4. The molecule has 0 fully saturated rings. The fourth-order valence-corrected chi connectivity index (χ4v) is 1.96.